The predicted molar refractivity (Wildman–Crippen MR) is 73.2 cm³/mol. The van der Waals surface area contributed by atoms with Gasteiger partial charge in [0.2, 0.25) is 0 Å². The fourth-order valence-corrected chi connectivity index (χ4v) is 1.54. The molecule has 0 fully saturated rings. The van der Waals surface area contributed by atoms with Gasteiger partial charge in [-0.3, -0.25) is 4.79 Å². The highest BCUT2D eigenvalue weighted by molar-refractivity contribution is 5.96. The predicted octanol–water partition coefficient (Wildman–Crippen LogP) is 2.91. The van der Waals surface area contributed by atoms with E-state index in [1.807, 2.05) is 6.92 Å². The summed E-state index contributed by atoms with van der Waals surface area (Å²) >= 11 is 0. The van der Waals surface area contributed by atoms with Gasteiger partial charge in [-0.15, -0.1) is 0 Å². The first-order valence-electron chi connectivity index (χ1n) is 6.01. The molecule has 1 aromatic carbocycles. The van der Waals surface area contributed by atoms with Crippen LogP contribution >= 0.6 is 0 Å². The number of carbonyl (C=O) groups excluding carboxylic acids is 1. The summed E-state index contributed by atoms with van der Waals surface area (Å²) in [6, 6.07) is 11.6. The van der Waals surface area contributed by atoms with Crippen LogP contribution < -0.4 is 5.32 Å². The Bertz CT molecular complexity index is 635. The fourth-order valence-electron chi connectivity index (χ4n) is 1.54. The fraction of sp³-hybridized carbons (Fsp3) is 0.200. The zero-order valence-corrected chi connectivity index (χ0v) is 11.0. The molecule has 0 amide bonds. The molecule has 5 heteroatoms. The van der Waals surface area contributed by atoms with Crippen LogP contribution in [0.4, 0.5) is 5.69 Å². The van der Waals surface area contributed by atoms with E-state index in [4.69, 9.17) is 15.8 Å². The minimum Gasteiger partial charge on any atom is -0.345 e. The van der Waals surface area contributed by atoms with Gasteiger partial charge < -0.3 is 5.32 Å². The number of nitrogens with one attached hydrogen (secondary N) is 1. The third-order valence-electron chi connectivity index (χ3n) is 2.54. The van der Waals surface area contributed by atoms with Gasteiger partial charge in [0.15, 0.2) is 11.4 Å². The van der Waals surface area contributed by atoms with Crippen LogP contribution in [0.1, 0.15) is 30.1 Å². The number of nitriles is 3. The third kappa shape index (κ3) is 3.70. The molecule has 5 nitrogen and oxygen atoms in total. The van der Waals surface area contributed by atoms with Crippen LogP contribution in [0, 0.1) is 34.0 Å². The van der Waals surface area contributed by atoms with Gasteiger partial charge in [0, 0.05) is 17.7 Å². The lowest BCUT2D eigenvalue weighted by atomic mass is 10.1. The molecular weight excluding hydrogens is 252 g/mol. The highest BCUT2D eigenvalue weighted by Crippen LogP contribution is 2.15. The van der Waals surface area contributed by atoms with Crippen LogP contribution in [0.3, 0.4) is 0 Å². The Balaban J connectivity index is 2.94. The summed E-state index contributed by atoms with van der Waals surface area (Å²) in [6.45, 7) is 1.93. The third-order valence-corrected chi connectivity index (χ3v) is 2.54. The number of anilines is 1. The maximum absolute atomic E-state index is 11.7. The second kappa shape index (κ2) is 7.36. The average Bonchev–Trinajstić information content (AvgIpc) is 2.48. The van der Waals surface area contributed by atoms with E-state index in [1.54, 1.807) is 42.5 Å². The summed E-state index contributed by atoms with van der Waals surface area (Å²) in [7, 11) is 0. The number of carbonyl (C=O) groups is 1. The summed E-state index contributed by atoms with van der Waals surface area (Å²) in [5, 5.41) is 29.0. The highest BCUT2D eigenvalue weighted by Gasteiger charge is 2.07. The van der Waals surface area contributed by atoms with E-state index in [0.717, 1.165) is 6.42 Å². The Morgan fingerprint density at radius 3 is 2.15 bits per heavy atom. The van der Waals surface area contributed by atoms with Gasteiger partial charge in [0.25, 0.3) is 0 Å². The molecule has 0 heterocycles. The van der Waals surface area contributed by atoms with Crippen molar-refractivity contribution in [3.8, 4) is 18.2 Å². The van der Waals surface area contributed by atoms with Gasteiger partial charge in [0.05, 0.1) is 0 Å². The van der Waals surface area contributed by atoms with Crippen molar-refractivity contribution in [2.75, 3.05) is 5.32 Å². The minimum absolute atomic E-state index is 0.0600. The van der Waals surface area contributed by atoms with Crippen LogP contribution in [0.2, 0.25) is 0 Å². The molecule has 0 unspecified atom stereocenters. The number of allylic oxidation sites excluding steroid dienone is 2. The molecule has 0 aliphatic heterocycles. The molecule has 0 radical (unpaired) electrons. The van der Waals surface area contributed by atoms with Crippen LogP contribution in [-0.4, -0.2) is 5.78 Å². The maximum atomic E-state index is 11.7. The van der Waals surface area contributed by atoms with E-state index in [2.05, 4.69) is 5.32 Å². The Kier molecular flexibility index (Phi) is 5.51. The molecule has 1 aromatic rings. The lowest BCUT2D eigenvalue weighted by Gasteiger charge is -2.05. The van der Waals surface area contributed by atoms with Crippen LogP contribution in [-0.2, 0) is 0 Å². The number of nitrogens with zero attached hydrogens (tertiary/aromatic N) is 3. The molecule has 0 saturated heterocycles. The molecule has 1 rings (SSSR count). The van der Waals surface area contributed by atoms with Crippen molar-refractivity contribution < 1.29 is 4.79 Å². The lowest BCUT2D eigenvalue weighted by molar-refractivity contribution is 0.0982. The van der Waals surface area contributed by atoms with Crippen LogP contribution in [0.15, 0.2) is 35.5 Å². The molecule has 0 aromatic heterocycles. The van der Waals surface area contributed by atoms with E-state index in [-0.39, 0.29) is 17.1 Å². The number of hydrogen-bond acceptors (Lipinski definition) is 5. The van der Waals surface area contributed by atoms with Gasteiger partial charge >= 0.3 is 0 Å². The van der Waals surface area contributed by atoms with E-state index in [1.165, 1.54) is 0 Å². The van der Waals surface area contributed by atoms with Gasteiger partial charge in [-0.1, -0.05) is 6.92 Å². The lowest BCUT2D eigenvalue weighted by Crippen LogP contribution is -2.02. The van der Waals surface area contributed by atoms with Crippen molar-refractivity contribution in [2.45, 2.75) is 19.8 Å². The van der Waals surface area contributed by atoms with Gasteiger partial charge in [-0.05, 0) is 30.7 Å². The van der Waals surface area contributed by atoms with Crippen molar-refractivity contribution in [1.29, 1.82) is 15.8 Å². The number of benzene rings is 1. The Morgan fingerprint density at radius 2 is 1.70 bits per heavy atom. The molecule has 0 aliphatic rings. The number of Topliss-reactive ketones (excluding diaryl/α,β-unsaturated/α-hetero) is 1. The molecular formula is C15H12N4O. The summed E-state index contributed by atoms with van der Waals surface area (Å²) < 4.78 is 0. The topological polar surface area (TPSA) is 100 Å². The number of ketones is 1. The van der Waals surface area contributed by atoms with Crippen molar-refractivity contribution in [3.05, 3.63) is 41.1 Å². The first-order valence-corrected chi connectivity index (χ1v) is 6.01. The second-order valence-corrected chi connectivity index (χ2v) is 3.96. The number of rotatable bonds is 5. The molecule has 1 N–H and O–H groups in total. The molecule has 0 aliphatic carbocycles. The van der Waals surface area contributed by atoms with Crippen molar-refractivity contribution in [2.24, 2.45) is 0 Å². The Hall–Kier alpha value is -3.10. The normalized spacial score (nSPS) is 8.70. The molecule has 0 spiro atoms. The average molecular weight is 264 g/mol. The smallest absolute Gasteiger partial charge is 0.163 e. The summed E-state index contributed by atoms with van der Waals surface area (Å²) in [5.41, 5.74) is 0.750. The zero-order valence-electron chi connectivity index (χ0n) is 11.0. The second-order valence-electron chi connectivity index (χ2n) is 3.96. The molecule has 0 atom stereocenters. The SMILES string of the molecule is CCCC(=O)c1ccc(NC(C#N)=C(C#N)C#N)cc1. The monoisotopic (exact) mass is 264 g/mol. The van der Waals surface area contributed by atoms with Gasteiger partial charge in [-0.2, -0.15) is 15.8 Å². The maximum Gasteiger partial charge on any atom is 0.163 e. The van der Waals surface area contributed by atoms with Gasteiger partial charge in [0.1, 0.15) is 23.9 Å². The molecule has 0 saturated carbocycles. The summed E-state index contributed by atoms with van der Waals surface area (Å²) in [6.07, 6.45) is 1.27. The quantitative estimate of drug-likeness (QED) is 0.650. The minimum atomic E-state index is -0.279. The van der Waals surface area contributed by atoms with E-state index < -0.39 is 0 Å². The number of hydrogen-bond donors (Lipinski definition) is 1. The highest BCUT2D eigenvalue weighted by atomic mass is 16.1. The van der Waals surface area contributed by atoms with Crippen LogP contribution in [0.5, 0.6) is 0 Å². The standard InChI is InChI=1S/C15H12N4O/c1-2-3-15(20)11-4-6-13(7-5-11)19-14(10-18)12(8-16)9-17/h4-7,19H,2-3H2,1H3. The van der Waals surface area contributed by atoms with Crippen molar-refractivity contribution >= 4 is 11.5 Å². The zero-order chi connectivity index (χ0) is 15.0. The first kappa shape index (κ1) is 15.0. The van der Waals surface area contributed by atoms with Crippen molar-refractivity contribution in [1.82, 2.24) is 0 Å². The van der Waals surface area contributed by atoms with Crippen LogP contribution in [0.25, 0.3) is 0 Å². The Labute approximate surface area is 117 Å². The first-order chi connectivity index (χ1) is 9.65. The summed E-state index contributed by atoms with van der Waals surface area (Å²) in [5.74, 6) is 0.0600. The van der Waals surface area contributed by atoms with Crippen molar-refractivity contribution in [3.63, 3.8) is 0 Å². The van der Waals surface area contributed by atoms with E-state index >= 15 is 0 Å². The molecule has 98 valence electrons. The van der Waals surface area contributed by atoms with Gasteiger partial charge in [-0.25, -0.2) is 0 Å². The molecule has 0 bridgehead atoms. The van der Waals surface area contributed by atoms with E-state index in [9.17, 15) is 4.79 Å². The Morgan fingerprint density at radius 1 is 1.10 bits per heavy atom. The summed E-state index contributed by atoms with van der Waals surface area (Å²) in [4.78, 5) is 11.7. The largest absolute Gasteiger partial charge is 0.345 e. The van der Waals surface area contributed by atoms with E-state index in [0.29, 0.717) is 17.7 Å². The molecule has 20 heavy (non-hydrogen) atoms.